The second kappa shape index (κ2) is 14.6. The van der Waals surface area contributed by atoms with Crippen LogP contribution < -0.4 is 33.6 Å². The molecule has 0 heterocycles. The van der Waals surface area contributed by atoms with E-state index < -0.39 is 47.3 Å². The van der Waals surface area contributed by atoms with Crippen LogP contribution in [0.25, 0.3) is 0 Å². The molecule has 2 rings (SSSR count). The quantitative estimate of drug-likeness (QED) is 0.264. The molecule has 0 aliphatic heterocycles. The summed E-state index contributed by atoms with van der Waals surface area (Å²) >= 11 is 0. The number of nitrogens with one attached hydrogen (secondary N) is 2. The average molecular weight is 559 g/mol. The molecule has 0 bridgehead atoms. The van der Waals surface area contributed by atoms with Gasteiger partial charge in [-0.15, -0.1) is 0 Å². The van der Waals surface area contributed by atoms with Gasteiger partial charge in [0, 0.05) is 24.2 Å². The lowest BCUT2D eigenvalue weighted by molar-refractivity contribution is -0.120. The number of anilines is 2. The Bertz CT molecular complexity index is 1050. The van der Waals surface area contributed by atoms with Gasteiger partial charge in [-0.25, -0.2) is 9.59 Å². The van der Waals surface area contributed by atoms with Crippen LogP contribution >= 0.6 is 0 Å². The molecule has 12 nitrogen and oxygen atoms in total. The second-order valence-electron chi connectivity index (χ2n) is 11.1. The van der Waals surface area contributed by atoms with Gasteiger partial charge in [-0.1, -0.05) is 24.3 Å². The maximum absolute atomic E-state index is 11.7. The molecule has 0 saturated heterocycles. The summed E-state index contributed by atoms with van der Waals surface area (Å²) in [5, 5.41) is 4.94. The number of alkyl carbamates (subject to hydrolysis) is 2. The molecule has 0 aromatic heterocycles. The van der Waals surface area contributed by atoms with Crippen LogP contribution in [0.5, 0.6) is 0 Å². The van der Waals surface area contributed by atoms with Crippen LogP contribution in [0.4, 0.5) is 21.0 Å². The van der Waals surface area contributed by atoms with E-state index >= 15 is 0 Å². The van der Waals surface area contributed by atoms with Gasteiger partial charge in [0.25, 0.3) is 0 Å². The summed E-state index contributed by atoms with van der Waals surface area (Å²) in [6, 6.07) is 12.4. The normalized spacial score (nSPS) is 12.6. The Morgan fingerprint density at radius 3 is 1.12 bits per heavy atom. The molecule has 10 N–H and O–H groups in total. The summed E-state index contributed by atoms with van der Waals surface area (Å²) < 4.78 is 10.2. The van der Waals surface area contributed by atoms with Gasteiger partial charge < -0.3 is 43.0 Å². The van der Waals surface area contributed by atoms with Gasteiger partial charge in [-0.2, -0.15) is 0 Å². The zero-order valence-electron chi connectivity index (χ0n) is 23.9. The minimum atomic E-state index is -0.825. The predicted molar refractivity (Wildman–Crippen MR) is 154 cm³/mol. The zero-order chi connectivity index (χ0) is 30.7. The van der Waals surface area contributed by atoms with Crippen LogP contribution in [0.15, 0.2) is 48.5 Å². The molecule has 0 fully saturated rings. The molecule has 2 atom stereocenters. The first-order chi connectivity index (χ1) is 18.3. The van der Waals surface area contributed by atoms with Crippen molar-refractivity contribution < 1.29 is 28.7 Å². The molecule has 0 spiro atoms. The fourth-order valence-corrected chi connectivity index (χ4v) is 3.12. The highest BCUT2D eigenvalue weighted by atomic mass is 16.6. The monoisotopic (exact) mass is 558 g/mol. The maximum Gasteiger partial charge on any atom is 0.408 e. The number of amides is 4. The van der Waals surface area contributed by atoms with Gasteiger partial charge >= 0.3 is 12.2 Å². The van der Waals surface area contributed by atoms with Crippen molar-refractivity contribution in [2.24, 2.45) is 11.5 Å². The Kier molecular flexibility index (Phi) is 12.3. The van der Waals surface area contributed by atoms with Crippen LogP contribution in [-0.2, 0) is 31.9 Å². The van der Waals surface area contributed by atoms with Gasteiger partial charge in [-0.3, -0.25) is 9.59 Å². The maximum atomic E-state index is 11.7. The summed E-state index contributed by atoms with van der Waals surface area (Å²) in [7, 11) is 0. The fraction of sp³-hybridized carbons (Fsp3) is 0.429. The zero-order valence-corrected chi connectivity index (χ0v) is 23.9. The molecule has 2 aromatic rings. The number of hydrogen-bond donors (Lipinski definition) is 6. The molecule has 220 valence electrons. The number of primary amides is 2. The van der Waals surface area contributed by atoms with E-state index in [9.17, 15) is 19.2 Å². The number of carbonyl (C=O) groups is 4. The minimum Gasteiger partial charge on any atom is -0.444 e. The molecule has 4 amide bonds. The summed E-state index contributed by atoms with van der Waals surface area (Å²) in [5.41, 5.74) is 23.4. The van der Waals surface area contributed by atoms with Gasteiger partial charge in [-0.05, 0) is 76.9 Å². The van der Waals surface area contributed by atoms with E-state index in [4.69, 9.17) is 32.4 Å². The standard InChI is InChI=1S/2C14H21N3O3/c2*1-14(2,3)20-13(19)17-11(12(16)18)8-9-4-6-10(15)7-5-9/h2*4-7,11H,8,15H2,1-3H3,(H2,16,18)(H,17,19)/t2*11-/m11/s1. The van der Waals surface area contributed by atoms with Crippen molar-refractivity contribution in [2.75, 3.05) is 11.5 Å². The van der Waals surface area contributed by atoms with Crippen molar-refractivity contribution in [1.82, 2.24) is 10.6 Å². The average Bonchev–Trinajstić information content (AvgIpc) is 2.79. The molecule has 40 heavy (non-hydrogen) atoms. The van der Waals surface area contributed by atoms with Crippen LogP contribution in [-0.4, -0.2) is 47.3 Å². The molecule has 0 saturated carbocycles. The van der Waals surface area contributed by atoms with E-state index in [-0.39, 0.29) is 12.8 Å². The summed E-state index contributed by atoms with van der Waals surface area (Å²) in [6.07, 6.45) is -0.766. The van der Waals surface area contributed by atoms with Crippen molar-refractivity contribution in [3.8, 4) is 0 Å². The van der Waals surface area contributed by atoms with E-state index in [0.29, 0.717) is 11.4 Å². The first-order valence-corrected chi connectivity index (χ1v) is 12.6. The third-order valence-electron chi connectivity index (χ3n) is 4.91. The van der Waals surface area contributed by atoms with Crippen LogP contribution in [0.2, 0.25) is 0 Å². The van der Waals surface area contributed by atoms with Crippen LogP contribution in [0.3, 0.4) is 0 Å². The van der Waals surface area contributed by atoms with E-state index in [1.54, 1.807) is 90.1 Å². The highest BCUT2D eigenvalue weighted by Gasteiger charge is 2.24. The molecule has 2 aromatic carbocycles. The Balaban J connectivity index is 0.000000400. The number of nitrogen functional groups attached to an aromatic ring is 2. The van der Waals surface area contributed by atoms with Crippen LogP contribution in [0, 0.1) is 0 Å². The second-order valence-corrected chi connectivity index (χ2v) is 11.1. The Hall–Kier alpha value is -4.48. The number of nitrogens with two attached hydrogens (primary N) is 4. The lowest BCUT2D eigenvalue weighted by atomic mass is 10.1. The molecular formula is C28H42N6O6. The first kappa shape index (κ1) is 33.5. The number of hydrogen-bond acceptors (Lipinski definition) is 8. The third-order valence-corrected chi connectivity index (χ3v) is 4.91. The molecule has 0 aliphatic carbocycles. The molecular weight excluding hydrogens is 516 g/mol. The van der Waals surface area contributed by atoms with Crippen LogP contribution in [0.1, 0.15) is 52.7 Å². The number of rotatable bonds is 8. The lowest BCUT2D eigenvalue weighted by Gasteiger charge is -2.22. The van der Waals surface area contributed by atoms with Gasteiger partial charge in [0.1, 0.15) is 23.3 Å². The minimum absolute atomic E-state index is 0.287. The largest absolute Gasteiger partial charge is 0.444 e. The van der Waals surface area contributed by atoms with E-state index in [0.717, 1.165) is 11.1 Å². The van der Waals surface area contributed by atoms with Crippen molar-refractivity contribution in [1.29, 1.82) is 0 Å². The first-order valence-electron chi connectivity index (χ1n) is 12.6. The van der Waals surface area contributed by atoms with E-state index in [1.165, 1.54) is 0 Å². The Labute approximate surface area is 235 Å². The molecule has 0 unspecified atom stereocenters. The molecule has 0 aliphatic rings. The summed E-state index contributed by atoms with van der Waals surface area (Å²) in [4.78, 5) is 46.1. The Morgan fingerprint density at radius 2 is 0.900 bits per heavy atom. The van der Waals surface area contributed by atoms with Gasteiger partial charge in [0.2, 0.25) is 11.8 Å². The van der Waals surface area contributed by atoms with Gasteiger partial charge in [0.15, 0.2) is 0 Å². The highest BCUT2D eigenvalue weighted by Crippen LogP contribution is 2.11. The Morgan fingerprint density at radius 1 is 0.625 bits per heavy atom. The topological polar surface area (TPSA) is 215 Å². The highest BCUT2D eigenvalue weighted by molar-refractivity contribution is 5.85. The number of carbonyl (C=O) groups excluding carboxylic acids is 4. The molecule has 0 radical (unpaired) electrons. The summed E-state index contributed by atoms with van der Waals surface area (Å²) in [5.74, 6) is -1.24. The van der Waals surface area contributed by atoms with Crippen molar-refractivity contribution in [2.45, 2.75) is 77.7 Å². The van der Waals surface area contributed by atoms with Crippen molar-refractivity contribution in [3.63, 3.8) is 0 Å². The van der Waals surface area contributed by atoms with E-state index in [2.05, 4.69) is 10.6 Å². The third kappa shape index (κ3) is 14.5. The smallest absolute Gasteiger partial charge is 0.408 e. The SMILES string of the molecule is CC(C)(C)OC(=O)N[C@H](Cc1ccc(N)cc1)C(N)=O.CC(C)(C)OC(=O)N[C@H](Cc1ccc(N)cc1)C(N)=O. The van der Waals surface area contributed by atoms with Gasteiger partial charge in [0.05, 0.1) is 0 Å². The molecule has 12 heteroatoms. The summed E-state index contributed by atoms with van der Waals surface area (Å²) in [6.45, 7) is 10.5. The predicted octanol–water partition coefficient (Wildman–Crippen LogP) is 2.38. The van der Waals surface area contributed by atoms with E-state index in [1.807, 2.05) is 0 Å². The van der Waals surface area contributed by atoms with Crippen molar-refractivity contribution in [3.05, 3.63) is 59.7 Å². The van der Waals surface area contributed by atoms with Crippen molar-refractivity contribution >= 4 is 35.4 Å². The fourth-order valence-electron chi connectivity index (χ4n) is 3.12. The number of ether oxygens (including phenoxy) is 2. The lowest BCUT2D eigenvalue weighted by Crippen LogP contribution is -2.47. The number of benzene rings is 2.